The highest BCUT2D eigenvalue weighted by molar-refractivity contribution is 5.68. The van der Waals surface area contributed by atoms with E-state index >= 15 is 0 Å². The number of nitrogens with two attached hydrogens (primary N) is 1. The lowest BCUT2D eigenvalue weighted by atomic mass is 10.0. The highest BCUT2D eigenvalue weighted by Gasteiger charge is 2.16. The molecule has 7 heteroatoms. The normalized spacial score (nSPS) is 12.1. The van der Waals surface area contributed by atoms with E-state index in [1.54, 1.807) is 0 Å². The molecule has 0 aliphatic rings. The van der Waals surface area contributed by atoms with E-state index in [-0.39, 0.29) is 18.7 Å². The van der Waals surface area contributed by atoms with Crippen molar-refractivity contribution in [2.24, 2.45) is 5.73 Å². The minimum absolute atomic E-state index is 0.130. The molecule has 16 heavy (non-hydrogen) atoms. The Morgan fingerprint density at radius 2 is 2.31 bits per heavy atom. The zero-order chi connectivity index (χ0) is 12.1. The SMILES string of the molecule is NCC(CC(=O)O)c1ccc([N+](=O)[O-])cn1. The van der Waals surface area contributed by atoms with E-state index in [9.17, 15) is 14.9 Å². The third kappa shape index (κ3) is 2.99. The molecule has 1 atom stereocenters. The van der Waals surface area contributed by atoms with Crippen molar-refractivity contribution in [1.29, 1.82) is 0 Å². The average molecular weight is 225 g/mol. The number of hydrogen-bond donors (Lipinski definition) is 2. The van der Waals surface area contributed by atoms with Crippen LogP contribution in [0, 0.1) is 10.1 Å². The summed E-state index contributed by atoms with van der Waals surface area (Å²) in [6.45, 7) is 0.136. The van der Waals surface area contributed by atoms with E-state index < -0.39 is 16.8 Å². The molecular weight excluding hydrogens is 214 g/mol. The summed E-state index contributed by atoms with van der Waals surface area (Å²) in [5, 5.41) is 19.0. The van der Waals surface area contributed by atoms with Gasteiger partial charge in [0.15, 0.2) is 0 Å². The Hall–Kier alpha value is -2.02. The number of pyridine rings is 1. The fourth-order valence-electron chi connectivity index (χ4n) is 1.27. The third-order valence-corrected chi connectivity index (χ3v) is 2.11. The molecule has 0 fully saturated rings. The number of aromatic nitrogens is 1. The second-order valence-electron chi connectivity index (χ2n) is 3.23. The monoisotopic (exact) mass is 225 g/mol. The zero-order valence-electron chi connectivity index (χ0n) is 8.37. The van der Waals surface area contributed by atoms with Gasteiger partial charge in [0.05, 0.1) is 11.3 Å². The van der Waals surface area contributed by atoms with E-state index in [2.05, 4.69) is 4.98 Å². The maximum atomic E-state index is 10.5. The molecule has 0 spiro atoms. The molecule has 1 unspecified atom stereocenters. The molecule has 0 aliphatic heterocycles. The molecule has 1 aromatic heterocycles. The van der Waals surface area contributed by atoms with Gasteiger partial charge >= 0.3 is 5.97 Å². The van der Waals surface area contributed by atoms with E-state index in [1.807, 2.05) is 0 Å². The average Bonchev–Trinajstić information content (AvgIpc) is 2.25. The lowest BCUT2D eigenvalue weighted by molar-refractivity contribution is -0.385. The second kappa shape index (κ2) is 5.17. The molecule has 0 saturated heterocycles. The Bertz CT molecular complexity index is 390. The molecule has 0 aliphatic carbocycles. The summed E-state index contributed by atoms with van der Waals surface area (Å²) >= 11 is 0. The first-order chi connectivity index (χ1) is 7.54. The van der Waals surface area contributed by atoms with Crippen LogP contribution in [0.5, 0.6) is 0 Å². The van der Waals surface area contributed by atoms with Gasteiger partial charge in [-0.15, -0.1) is 0 Å². The Kier molecular flexibility index (Phi) is 3.90. The second-order valence-corrected chi connectivity index (χ2v) is 3.23. The van der Waals surface area contributed by atoms with Crippen LogP contribution in [0.1, 0.15) is 18.0 Å². The van der Waals surface area contributed by atoms with Crippen LogP contribution in [-0.2, 0) is 4.79 Å². The van der Waals surface area contributed by atoms with Crippen molar-refractivity contribution in [3.05, 3.63) is 34.1 Å². The minimum Gasteiger partial charge on any atom is -0.481 e. The maximum Gasteiger partial charge on any atom is 0.304 e. The number of carboxylic acids is 1. The highest BCUT2D eigenvalue weighted by atomic mass is 16.6. The van der Waals surface area contributed by atoms with Crippen molar-refractivity contribution >= 4 is 11.7 Å². The fourth-order valence-corrected chi connectivity index (χ4v) is 1.27. The van der Waals surface area contributed by atoms with E-state index in [4.69, 9.17) is 10.8 Å². The lowest BCUT2D eigenvalue weighted by Crippen LogP contribution is -2.17. The number of hydrogen-bond acceptors (Lipinski definition) is 5. The summed E-state index contributed by atoms with van der Waals surface area (Å²) < 4.78 is 0. The number of carboxylic acid groups (broad SMARTS) is 1. The van der Waals surface area contributed by atoms with Gasteiger partial charge in [-0.25, -0.2) is 0 Å². The molecule has 1 rings (SSSR count). The van der Waals surface area contributed by atoms with Crippen molar-refractivity contribution in [2.45, 2.75) is 12.3 Å². The van der Waals surface area contributed by atoms with Crippen LogP contribution in [0.15, 0.2) is 18.3 Å². The van der Waals surface area contributed by atoms with Gasteiger partial charge in [0.1, 0.15) is 6.20 Å². The number of aliphatic carboxylic acids is 1. The predicted octanol–water partition coefficient (Wildman–Crippen LogP) is 0.507. The first-order valence-electron chi connectivity index (χ1n) is 4.56. The molecular formula is C9H11N3O4. The molecule has 1 heterocycles. The topological polar surface area (TPSA) is 119 Å². The number of carbonyl (C=O) groups is 1. The number of nitrogens with zero attached hydrogens (tertiary/aromatic N) is 2. The van der Waals surface area contributed by atoms with Crippen molar-refractivity contribution in [1.82, 2.24) is 4.98 Å². The van der Waals surface area contributed by atoms with Crippen molar-refractivity contribution in [3.8, 4) is 0 Å². The van der Waals surface area contributed by atoms with Crippen LogP contribution in [0.25, 0.3) is 0 Å². The third-order valence-electron chi connectivity index (χ3n) is 2.11. The van der Waals surface area contributed by atoms with Gasteiger partial charge in [-0.1, -0.05) is 0 Å². The van der Waals surface area contributed by atoms with Crippen LogP contribution in [0.2, 0.25) is 0 Å². The Balaban J connectivity index is 2.86. The minimum atomic E-state index is -0.976. The summed E-state index contributed by atoms with van der Waals surface area (Å²) in [5.41, 5.74) is 5.74. The standard InChI is InChI=1S/C9H11N3O4/c10-4-6(3-9(13)14)8-2-1-7(5-11-8)12(15)16/h1-2,5-6H,3-4,10H2,(H,13,14). The van der Waals surface area contributed by atoms with Gasteiger partial charge in [0, 0.05) is 24.2 Å². The molecule has 0 aromatic carbocycles. The highest BCUT2D eigenvalue weighted by Crippen LogP contribution is 2.18. The summed E-state index contributed by atoms with van der Waals surface area (Å²) in [6.07, 6.45) is 0.959. The lowest BCUT2D eigenvalue weighted by Gasteiger charge is -2.10. The molecule has 0 saturated carbocycles. The van der Waals surface area contributed by atoms with Gasteiger partial charge in [-0.3, -0.25) is 19.9 Å². The first kappa shape index (κ1) is 12.1. The van der Waals surface area contributed by atoms with Gasteiger partial charge in [0.2, 0.25) is 0 Å². The molecule has 0 bridgehead atoms. The van der Waals surface area contributed by atoms with Crippen LogP contribution in [0.3, 0.4) is 0 Å². The molecule has 0 amide bonds. The summed E-state index contributed by atoms with van der Waals surface area (Å²) in [4.78, 5) is 24.2. The summed E-state index contributed by atoms with van der Waals surface area (Å²) in [7, 11) is 0. The van der Waals surface area contributed by atoms with Gasteiger partial charge < -0.3 is 10.8 Å². The largest absolute Gasteiger partial charge is 0.481 e. The predicted molar refractivity (Wildman–Crippen MR) is 54.9 cm³/mol. The van der Waals surface area contributed by atoms with E-state index in [1.165, 1.54) is 12.1 Å². The van der Waals surface area contributed by atoms with Crippen LogP contribution < -0.4 is 5.73 Å². The van der Waals surface area contributed by atoms with Gasteiger partial charge in [-0.2, -0.15) is 0 Å². The number of rotatable bonds is 5. The first-order valence-corrected chi connectivity index (χ1v) is 4.56. The molecule has 1 aromatic rings. The quantitative estimate of drug-likeness (QED) is 0.556. The number of nitro groups is 1. The summed E-state index contributed by atoms with van der Waals surface area (Å²) in [5.74, 6) is -1.39. The summed E-state index contributed by atoms with van der Waals surface area (Å²) in [6, 6.07) is 2.71. The Morgan fingerprint density at radius 3 is 2.69 bits per heavy atom. The van der Waals surface area contributed by atoms with Crippen LogP contribution >= 0.6 is 0 Å². The van der Waals surface area contributed by atoms with E-state index in [0.717, 1.165) is 6.20 Å². The Labute approximate surface area is 91.1 Å². The molecule has 3 N–H and O–H groups in total. The van der Waals surface area contributed by atoms with Crippen LogP contribution in [-0.4, -0.2) is 27.5 Å². The Morgan fingerprint density at radius 1 is 1.62 bits per heavy atom. The van der Waals surface area contributed by atoms with Crippen LogP contribution in [0.4, 0.5) is 5.69 Å². The van der Waals surface area contributed by atoms with Gasteiger partial charge in [0.25, 0.3) is 5.69 Å². The smallest absolute Gasteiger partial charge is 0.304 e. The maximum absolute atomic E-state index is 10.5. The fraction of sp³-hybridized carbons (Fsp3) is 0.333. The molecule has 7 nitrogen and oxygen atoms in total. The van der Waals surface area contributed by atoms with Crippen molar-refractivity contribution < 1.29 is 14.8 Å². The van der Waals surface area contributed by atoms with E-state index in [0.29, 0.717) is 5.69 Å². The molecule has 86 valence electrons. The molecule has 0 radical (unpaired) electrons. The zero-order valence-corrected chi connectivity index (χ0v) is 8.37. The van der Waals surface area contributed by atoms with Crippen molar-refractivity contribution in [2.75, 3.05) is 6.54 Å². The van der Waals surface area contributed by atoms with Gasteiger partial charge in [-0.05, 0) is 6.07 Å². The van der Waals surface area contributed by atoms with Crippen molar-refractivity contribution in [3.63, 3.8) is 0 Å².